The van der Waals surface area contributed by atoms with E-state index in [1.54, 1.807) is 12.1 Å². The van der Waals surface area contributed by atoms with E-state index in [4.69, 9.17) is 12.2 Å². The van der Waals surface area contributed by atoms with E-state index >= 15 is 0 Å². The number of fused-ring (bicyclic) bond motifs is 6. The van der Waals surface area contributed by atoms with E-state index in [0.29, 0.717) is 10.5 Å². The maximum absolute atomic E-state index is 13.9. The highest BCUT2D eigenvalue weighted by Gasteiger charge is 2.66. The quantitative estimate of drug-likeness (QED) is 0.729. The van der Waals surface area contributed by atoms with Crippen LogP contribution in [0.5, 0.6) is 0 Å². The molecule has 0 amide bonds. The first kappa shape index (κ1) is 11.9. The molecule has 1 aromatic carbocycles. The minimum Gasteiger partial charge on any atom is -0.331 e. The third-order valence-corrected chi connectivity index (χ3v) is 6.66. The van der Waals surface area contributed by atoms with E-state index in [-0.39, 0.29) is 5.82 Å². The van der Waals surface area contributed by atoms with E-state index in [1.807, 2.05) is 0 Å². The molecule has 1 heterocycles. The number of aromatic amines is 1. The SMILES string of the molecule is Fc1cc2c(cc1Br)[nH]c(=S)n2C1C2C3CCC(C3)C21. The lowest BCUT2D eigenvalue weighted by atomic mass is 10.0. The summed E-state index contributed by atoms with van der Waals surface area (Å²) in [5.41, 5.74) is 1.86. The van der Waals surface area contributed by atoms with Crippen LogP contribution in [0.15, 0.2) is 16.6 Å². The fraction of sp³-hybridized carbons (Fsp3) is 0.533. The molecule has 4 atom stereocenters. The summed E-state index contributed by atoms with van der Waals surface area (Å²) in [6.07, 6.45) is 4.19. The van der Waals surface area contributed by atoms with Gasteiger partial charge in [0.05, 0.1) is 15.5 Å². The molecule has 104 valence electrons. The molecule has 2 bridgehead atoms. The molecule has 0 aliphatic heterocycles. The van der Waals surface area contributed by atoms with Crippen molar-refractivity contribution in [2.75, 3.05) is 0 Å². The van der Waals surface area contributed by atoms with Gasteiger partial charge in [-0.1, -0.05) is 0 Å². The van der Waals surface area contributed by atoms with Crippen molar-refractivity contribution in [3.63, 3.8) is 0 Å². The Morgan fingerprint density at radius 2 is 1.95 bits per heavy atom. The van der Waals surface area contributed by atoms with Crippen LogP contribution in [0.1, 0.15) is 25.3 Å². The Kier molecular flexibility index (Phi) is 2.23. The van der Waals surface area contributed by atoms with Gasteiger partial charge in [-0.3, -0.25) is 0 Å². The molecule has 0 radical (unpaired) electrons. The first-order chi connectivity index (χ1) is 9.65. The Morgan fingerprint density at radius 1 is 1.25 bits per heavy atom. The summed E-state index contributed by atoms with van der Waals surface area (Å²) in [4.78, 5) is 3.24. The Balaban J connectivity index is 1.69. The number of halogens is 2. The Labute approximate surface area is 129 Å². The predicted molar refractivity (Wildman–Crippen MR) is 81.6 cm³/mol. The lowest BCUT2D eigenvalue weighted by molar-refractivity contribution is 0.456. The van der Waals surface area contributed by atoms with Crippen LogP contribution in [-0.4, -0.2) is 9.55 Å². The van der Waals surface area contributed by atoms with Gasteiger partial charge in [-0.2, -0.15) is 0 Å². The lowest BCUT2D eigenvalue weighted by Crippen LogP contribution is -2.05. The van der Waals surface area contributed by atoms with E-state index in [9.17, 15) is 4.39 Å². The van der Waals surface area contributed by atoms with Crippen LogP contribution in [0.4, 0.5) is 4.39 Å². The third kappa shape index (κ3) is 1.36. The number of rotatable bonds is 1. The average Bonchev–Trinajstić information content (AvgIpc) is 2.73. The van der Waals surface area contributed by atoms with E-state index in [0.717, 1.165) is 39.5 Å². The van der Waals surface area contributed by atoms with Crippen LogP contribution in [0.2, 0.25) is 0 Å². The summed E-state index contributed by atoms with van der Waals surface area (Å²) in [6, 6.07) is 3.92. The molecule has 2 aromatic rings. The van der Waals surface area contributed by atoms with Gasteiger partial charge in [0.1, 0.15) is 5.82 Å². The highest BCUT2D eigenvalue weighted by molar-refractivity contribution is 9.10. The summed E-state index contributed by atoms with van der Waals surface area (Å²) < 4.78 is 17.3. The van der Waals surface area contributed by atoms with Crippen LogP contribution >= 0.6 is 28.1 Å². The van der Waals surface area contributed by atoms with Crippen molar-refractivity contribution in [2.24, 2.45) is 23.7 Å². The monoisotopic (exact) mass is 352 g/mol. The standard InChI is InChI=1S/C15H14BrFN2S/c16-8-4-10-11(5-9(8)17)19(15(20)18-10)14-12-6-1-2-7(3-6)13(12)14/h4-7,12-14H,1-3H2,(H,18,20). The van der Waals surface area contributed by atoms with Crippen molar-refractivity contribution in [1.29, 1.82) is 0 Å². The predicted octanol–water partition coefficient (Wildman–Crippen LogP) is 4.82. The molecule has 0 spiro atoms. The van der Waals surface area contributed by atoms with Crippen LogP contribution in [0.3, 0.4) is 0 Å². The number of benzene rings is 1. The van der Waals surface area contributed by atoms with E-state index in [2.05, 4.69) is 25.5 Å². The van der Waals surface area contributed by atoms with Crippen LogP contribution < -0.4 is 0 Å². The molecule has 3 saturated carbocycles. The van der Waals surface area contributed by atoms with E-state index in [1.165, 1.54) is 19.3 Å². The number of hydrogen-bond donors (Lipinski definition) is 1. The summed E-state index contributed by atoms with van der Waals surface area (Å²) >= 11 is 8.74. The van der Waals surface area contributed by atoms with Gasteiger partial charge in [0.25, 0.3) is 0 Å². The molecule has 0 saturated heterocycles. The fourth-order valence-corrected chi connectivity index (χ4v) is 5.71. The van der Waals surface area contributed by atoms with Gasteiger partial charge in [0, 0.05) is 12.1 Å². The number of nitrogens with zero attached hydrogens (tertiary/aromatic N) is 1. The highest BCUT2D eigenvalue weighted by atomic mass is 79.9. The van der Waals surface area contributed by atoms with Crippen LogP contribution in [0, 0.1) is 34.3 Å². The molecule has 3 aliphatic rings. The van der Waals surface area contributed by atoms with Crippen LogP contribution in [-0.2, 0) is 0 Å². The van der Waals surface area contributed by atoms with Gasteiger partial charge in [-0.05, 0) is 77.1 Å². The van der Waals surface area contributed by atoms with Gasteiger partial charge >= 0.3 is 0 Å². The molecule has 4 unspecified atom stereocenters. The van der Waals surface area contributed by atoms with Crippen molar-refractivity contribution < 1.29 is 4.39 Å². The summed E-state index contributed by atoms with van der Waals surface area (Å²) in [6.45, 7) is 0. The minimum absolute atomic E-state index is 0.214. The van der Waals surface area contributed by atoms with Gasteiger partial charge in [0.15, 0.2) is 4.77 Å². The van der Waals surface area contributed by atoms with Crippen molar-refractivity contribution in [3.05, 3.63) is 27.2 Å². The molecule has 20 heavy (non-hydrogen) atoms. The molecule has 2 nitrogen and oxygen atoms in total. The second-order valence-corrected chi connectivity index (χ2v) is 7.80. The molecule has 5 rings (SSSR count). The molecule has 1 aromatic heterocycles. The number of H-pyrrole nitrogens is 1. The van der Waals surface area contributed by atoms with Crippen molar-refractivity contribution >= 4 is 39.2 Å². The second kappa shape index (κ2) is 3.74. The molecular formula is C15H14BrFN2S. The van der Waals surface area contributed by atoms with Gasteiger partial charge < -0.3 is 9.55 Å². The smallest absolute Gasteiger partial charge is 0.178 e. The largest absolute Gasteiger partial charge is 0.331 e. The number of hydrogen-bond acceptors (Lipinski definition) is 1. The average molecular weight is 353 g/mol. The van der Waals surface area contributed by atoms with Gasteiger partial charge in [0.2, 0.25) is 0 Å². The first-order valence-electron chi connectivity index (χ1n) is 7.24. The fourth-order valence-electron chi connectivity index (χ4n) is 5.04. The molecule has 1 N–H and O–H groups in total. The highest BCUT2D eigenvalue weighted by Crippen LogP contribution is 2.71. The normalized spacial score (nSPS) is 37.6. The minimum atomic E-state index is -0.214. The maximum Gasteiger partial charge on any atom is 0.178 e. The maximum atomic E-state index is 13.9. The molecule has 3 fully saturated rings. The van der Waals surface area contributed by atoms with Crippen molar-refractivity contribution in [1.82, 2.24) is 9.55 Å². The van der Waals surface area contributed by atoms with Crippen LogP contribution in [0.25, 0.3) is 11.0 Å². The summed E-state index contributed by atoms with van der Waals surface area (Å²) in [5.74, 6) is 3.16. The number of imidazole rings is 1. The number of nitrogens with one attached hydrogen (secondary N) is 1. The molecule has 3 aliphatic carbocycles. The van der Waals surface area contributed by atoms with E-state index < -0.39 is 0 Å². The van der Waals surface area contributed by atoms with Crippen molar-refractivity contribution in [2.45, 2.75) is 25.3 Å². The van der Waals surface area contributed by atoms with Gasteiger partial charge in [-0.15, -0.1) is 0 Å². The summed E-state index contributed by atoms with van der Waals surface area (Å²) in [7, 11) is 0. The Bertz CT molecular complexity index is 779. The lowest BCUT2D eigenvalue weighted by Gasteiger charge is -2.11. The number of aromatic nitrogens is 2. The Hall–Kier alpha value is -0.680. The summed E-state index contributed by atoms with van der Waals surface area (Å²) in [5, 5.41) is 0. The van der Waals surface area contributed by atoms with Gasteiger partial charge in [-0.25, -0.2) is 4.39 Å². The molecular weight excluding hydrogens is 339 g/mol. The zero-order chi connectivity index (χ0) is 13.6. The molecule has 5 heteroatoms. The third-order valence-electron chi connectivity index (χ3n) is 5.75. The second-order valence-electron chi connectivity index (χ2n) is 6.56. The zero-order valence-corrected chi connectivity index (χ0v) is 13.2. The first-order valence-corrected chi connectivity index (χ1v) is 8.44. The zero-order valence-electron chi connectivity index (χ0n) is 10.8. The topological polar surface area (TPSA) is 20.7 Å². The Morgan fingerprint density at radius 3 is 2.65 bits per heavy atom. The van der Waals surface area contributed by atoms with Crippen molar-refractivity contribution in [3.8, 4) is 0 Å².